The van der Waals surface area contributed by atoms with Gasteiger partial charge >= 0.3 is 6.03 Å². The van der Waals surface area contributed by atoms with Gasteiger partial charge in [-0.25, -0.2) is 14.8 Å². The molecule has 1 aliphatic heterocycles. The average Bonchev–Trinajstić information content (AvgIpc) is 3.29. The van der Waals surface area contributed by atoms with Crippen molar-refractivity contribution in [2.75, 3.05) is 23.3 Å². The number of thiazole rings is 1. The molecule has 1 aliphatic rings. The van der Waals surface area contributed by atoms with E-state index < -0.39 is 0 Å². The molecule has 0 atom stereocenters. The Hall–Kier alpha value is -2.67. The molecule has 6 nitrogen and oxygen atoms in total. The number of anilines is 2. The Kier molecular flexibility index (Phi) is 4.71. The number of urea groups is 1. The predicted molar refractivity (Wildman–Crippen MR) is 106 cm³/mol. The van der Waals surface area contributed by atoms with Crippen LogP contribution in [0.25, 0.3) is 10.2 Å². The van der Waals surface area contributed by atoms with E-state index in [-0.39, 0.29) is 6.03 Å². The third kappa shape index (κ3) is 3.77. The molecule has 2 N–H and O–H groups in total. The van der Waals surface area contributed by atoms with Crippen molar-refractivity contribution in [1.29, 1.82) is 0 Å². The van der Waals surface area contributed by atoms with Crippen LogP contribution in [-0.2, 0) is 6.54 Å². The smallest absolute Gasteiger partial charge is 0.319 e. The molecule has 3 aromatic rings. The van der Waals surface area contributed by atoms with Gasteiger partial charge in [0.2, 0.25) is 0 Å². The number of benzene rings is 1. The van der Waals surface area contributed by atoms with Gasteiger partial charge in [0.1, 0.15) is 5.82 Å². The lowest BCUT2D eigenvalue weighted by atomic mass is 10.2. The first-order valence-electron chi connectivity index (χ1n) is 8.79. The topological polar surface area (TPSA) is 70.2 Å². The molecule has 26 heavy (non-hydrogen) atoms. The highest BCUT2D eigenvalue weighted by atomic mass is 32.1. The van der Waals surface area contributed by atoms with E-state index in [0.29, 0.717) is 6.54 Å². The van der Waals surface area contributed by atoms with Crippen LogP contribution in [0.5, 0.6) is 0 Å². The molecule has 0 saturated carbocycles. The number of carbonyl (C=O) groups is 1. The van der Waals surface area contributed by atoms with Crippen molar-refractivity contribution in [3.8, 4) is 0 Å². The van der Waals surface area contributed by atoms with Crippen LogP contribution in [0.2, 0.25) is 0 Å². The Morgan fingerprint density at radius 3 is 2.85 bits per heavy atom. The first-order valence-corrected chi connectivity index (χ1v) is 9.61. The maximum Gasteiger partial charge on any atom is 0.319 e. The summed E-state index contributed by atoms with van der Waals surface area (Å²) in [6.07, 6.45) is 4.30. The molecule has 1 fully saturated rings. The SMILES string of the molecule is Cc1nc2ccc(NC(=O)NCc3ccc(N4CCCC4)nc3)cc2s1. The fourth-order valence-corrected chi connectivity index (χ4v) is 4.00. The van der Waals surface area contributed by atoms with E-state index in [1.807, 2.05) is 43.5 Å². The van der Waals surface area contributed by atoms with Crippen molar-refractivity contribution in [2.45, 2.75) is 26.3 Å². The van der Waals surface area contributed by atoms with E-state index in [0.717, 1.165) is 45.4 Å². The van der Waals surface area contributed by atoms with Gasteiger partial charge in [-0.1, -0.05) is 6.07 Å². The second kappa shape index (κ2) is 7.29. The minimum atomic E-state index is -0.228. The van der Waals surface area contributed by atoms with Gasteiger partial charge in [-0.15, -0.1) is 11.3 Å². The molecule has 1 aromatic carbocycles. The van der Waals surface area contributed by atoms with Crippen LogP contribution in [0.1, 0.15) is 23.4 Å². The minimum absolute atomic E-state index is 0.228. The molecule has 0 unspecified atom stereocenters. The summed E-state index contributed by atoms with van der Waals surface area (Å²) in [5, 5.41) is 6.76. The number of fused-ring (bicyclic) bond motifs is 1. The van der Waals surface area contributed by atoms with Gasteiger partial charge in [-0.3, -0.25) is 0 Å². The van der Waals surface area contributed by atoms with Crippen LogP contribution in [0.15, 0.2) is 36.5 Å². The van der Waals surface area contributed by atoms with Gasteiger partial charge in [-0.05, 0) is 49.6 Å². The predicted octanol–water partition coefficient (Wildman–Crippen LogP) is 3.92. The number of aryl methyl sites for hydroxylation is 1. The average molecular weight is 367 g/mol. The van der Waals surface area contributed by atoms with Gasteiger partial charge in [0.25, 0.3) is 0 Å². The van der Waals surface area contributed by atoms with Crippen LogP contribution in [-0.4, -0.2) is 29.1 Å². The first-order chi connectivity index (χ1) is 12.7. The summed E-state index contributed by atoms with van der Waals surface area (Å²) in [6.45, 7) is 4.59. The van der Waals surface area contributed by atoms with E-state index in [1.54, 1.807) is 11.3 Å². The zero-order valence-corrected chi connectivity index (χ0v) is 15.5. The molecule has 4 rings (SSSR count). The fourth-order valence-electron chi connectivity index (χ4n) is 3.13. The zero-order chi connectivity index (χ0) is 17.9. The largest absolute Gasteiger partial charge is 0.357 e. The molecule has 2 amide bonds. The lowest BCUT2D eigenvalue weighted by Gasteiger charge is -2.16. The Balaban J connectivity index is 1.32. The molecule has 3 heterocycles. The number of nitrogens with one attached hydrogen (secondary N) is 2. The van der Waals surface area contributed by atoms with E-state index >= 15 is 0 Å². The molecule has 2 aromatic heterocycles. The second-order valence-electron chi connectivity index (χ2n) is 6.44. The van der Waals surface area contributed by atoms with E-state index in [2.05, 4.69) is 25.5 Å². The van der Waals surface area contributed by atoms with Crippen molar-refractivity contribution in [1.82, 2.24) is 15.3 Å². The normalized spacial score (nSPS) is 14.0. The van der Waals surface area contributed by atoms with Crippen LogP contribution in [0.3, 0.4) is 0 Å². The van der Waals surface area contributed by atoms with Crippen molar-refractivity contribution >= 4 is 39.1 Å². The summed E-state index contributed by atoms with van der Waals surface area (Å²) in [7, 11) is 0. The van der Waals surface area contributed by atoms with E-state index in [4.69, 9.17) is 0 Å². The van der Waals surface area contributed by atoms with Gasteiger partial charge in [0.15, 0.2) is 0 Å². The number of rotatable bonds is 4. The number of aromatic nitrogens is 2. The molecule has 7 heteroatoms. The molecule has 1 saturated heterocycles. The van der Waals surface area contributed by atoms with Crippen LogP contribution in [0.4, 0.5) is 16.3 Å². The second-order valence-corrected chi connectivity index (χ2v) is 7.68. The number of pyridine rings is 1. The fraction of sp³-hybridized carbons (Fsp3) is 0.316. The summed E-state index contributed by atoms with van der Waals surface area (Å²) in [6, 6.07) is 9.57. The summed E-state index contributed by atoms with van der Waals surface area (Å²) in [4.78, 5) is 23.4. The molecular weight excluding hydrogens is 346 g/mol. The van der Waals surface area contributed by atoms with Gasteiger partial charge in [0.05, 0.1) is 15.2 Å². The molecule has 0 spiro atoms. The van der Waals surface area contributed by atoms with Crippen LogP contribution >= 0.6 is 11.3 Å². The third-order valence-electron chi connectivity index (χ3n) is 4.45. The Morgan fingerprint density at radius 1 is 1.23 bits per heavy atom. The maximum absolute atomic E-state index is 12.1. The van der Waals surface area contributed by atoms with Crippen molar-refractivity contribution < 1.29 is 4.79 Å². The Morgan fingerprint density at radius 2 is 2.08 bits per heavy atom. The summed E-state index contributed by atoms with van der Waals surface area (Å²) >= 11 is 1.62. The summed E-state index contributed by atoms with van der Waals surface area (Å²) < 4.78 is 1.07. The molecular formula is C19H21N5OS. The lowest BCUT2D eigenvalue weighted by Crippen LogP contribution is -2.28. The monoisotopic (exact) mass is 367 g/mol. The van der Waals surface area contributed by atoms with Gasteiger partial charge in [-0.2, -0.15) is 0 Å². The highest BCUT2D eigenvalue weighted by molar-refractivity contribution is 7.18. The van der Waals surface area contributed by atoms with Crippen molar-refractivity contribution in [2.24, 2.45) is 0 Å². The lowest BCUT2D eigenvalue weighted by molar-refractivity contribution is 0.251. The zero-order valence-electron chi connectivity index (χ0n) is 14.7. The Bertz CT molecular complexity index is 915. The molecule has 0 aliphatic carbocycles. The standard InChI is InChI=1S/C19H21N5OS/c1-13-22-16-6-5-15(10-17(16)26-13)23-19(25)21-12-14-4-7-18(20-11-14)24-8-2-3-9-24/h4-7,10-11H,2-3,8-9,12H2,1H3,(H2,21,23,25). The third-order valence-corrected chi connectivity index (χ3v) is 5.38. The van der Waals surface area contributed by atoms with Crippen LogP contribution < -0.4 is 15.5 Å². The van der Waals surface area contributed by atoms with Gasteiger partial charge in [0, 0.05) is 31.5 Å². The molecule has 134 valence electrons. The van der Waals surface area contributed by atoms with Crippen molar-refractivity contribution in [3.05, 3.63) is 47.1 Å². The maximum atomic E-state index is 12.1. The minimum Gasteiger partial charge on any atom is -0.357 e. The number of nitrogens with zero attached hydrogens (tertiary/aromatic N) is 3. The van der Waals surface area contributed by atoms with Gasteiger partial charge < -0.3 is 15.5 Å². The number of hydrogen-bond donors (Lipinski definition) is 2. The number of carbonyl (C=O) groups excluding carboxylic acids is 1. The quantitative estimate of drug-likeness (QED) is 0.733. The van der Waals surface area contributed by atoms with Crippen molar-refractivity contribution in [3.63, 3.8) is 0 Å². The summed E-state index contributed by atoms with van der Waals surface area (Å²) in [5.41, 5.74) is 2.71. The van der Waals surface area contributed by atoms with E-state index in [9.17, 15) is 4.79 Å². The molecule has 0 bridgehead atoms. The van der Waals surface area contributed by atoms with Crippen LogP contribution in [0, 0.1) is 6.92 Å². The molecule has 0 radical (unpaired) electrons. The number of hydrogen-bond acceptors (Lipinski definition) is 5. The Labute approximate surface area is 156 Å². The highest BCUT2D eigenvalue weighted by Gasteiger charge is 2.13. The van der Waals surface area contributed by atoms with E-state index in [1.165, 1.54) is 12.8 Å². The highest BCUT2D eigenvalue weighted by Crippen LogP contribution is 2.24. The first kappa shape index (κ1) is 16.8. The summed E-state index contributed by atoms with van der Waals surface area (Å²) in [5.74, 6) is 1.02. The number of amides is 2.